The maximum absolute atomic E-state index is 12.1. The molecule has 9 nitrogen and oxygen atoms in total. The molecule has 9 heteroatoms. The number of ether oxygens (including phenoxy) is 1. The lowest BCUT2D eigenvalue weighted by atomic mass is 10.1. The van der Waals surface area contributed by atoms with Gasteiger partial charge in [0.1, 0.15) is 11.5 Å². The van der Waals surface area contributed by atoms with Crippen molar-refractivity contribution in [2.75, 3.05) is 0 Å². The third-order valence-electron chi connectivity index (χ3n) is 4.29. The first-order valence-corrected chi connectivity index (χ1v) is 10.7. The van der Waals surface area contributed by atoms with E-state index >= 15 is 0 Å². The molecule has 0 spiro atoms. The van der Waals surface area contributed by atoms with Crippen molar-refractivity contribution in [2.45, 2.75) is 40.5 Å². The summed E-state index contributed by atoms with van der Waals surface area (Å²) in [7, 11) is 0. The quantitative estimate of drug-likeness (QED) is 0.456. The van der Waals surface area contributed by atoms with E-state index in [0.29, 0.717) is 35.5 Å². The van der Waals surface area contributed by atoms with Crippen LogP contribution in [0.15, 0.2) is 48.5 Å². The Balaban J connectivity index is 1.86. The minimum Gasteiger partial charge on any atom is -0.457 e. The predicted molar refractivity (Wildman–Crippen MR) is 123 cm³/mol. The molecule has 4 N–H and O–H groups in total. The van der Waals surface area contributed by atoms with Crippen LogP contribution in [-0.2, 0) is 9.59 Å². The molecule has 0 atom stereocenters. The summed E-state index contributed by atoms with van der Waals surface area (Å²) in [5.41, 5.74) is 10.2. The van der Waals surface area contributed by atoms with Gasteiger partial charge in [-0.2, -0.15) is 0 Å². The summed E-state index contributed by atoms with van der Waals surface area (Å²) in [6, 6.07) is 12.8. The summed E-state index contributed by atoms with van der Waals surface area (Å²) in [4.78, 5) is 47.5. The van der Waals surface area contributed by atoms with Gasteiger partial charge in [-0.3, -0.25) is 40.9 Å². The second-order valence-corrected chi connectivity index (χ2v) is 8.35. The number of hydrogen-bond donors (Lipinski definition) is 4. The van der Waals surface area contributed by atoms with Crippen LogP contribution in [0.25, 0.3) is 0 Å². The van der Waals surface area contributed by atoms with E-state index in [1.807, 2.05) is 27.7 Å². The van der Waals surface area contributed by atoms with Crippen LogP contribution >= 0.6 is 0 Å². The first-order chi connectivity index (χ1) is 15.6. The topological polar surface area (TPSA) is 126 Å². The van der Waals surface area contributed by atoms with Crippen molar-refractivity contribution < 1.29 is 23.9 Å². The second kappa shape index (κ2) is 12.2. The molecule has 0 heterocycles. The van der Waals surface area contributed by atoms with Gasteiger partial charge in [-0.15, -0.1) is 0 Å². The van der Waals surface area contributed by atoms with Crippen molar-refractivity contribution in [3.8, 4) is 11.5 Å². The van der Waals surface area contributed by atoms with Crippen LogP contribution < -0.4 is 26.4 Å². The number of rotatable bonds is 8. The van der Waals surface area contributed by atoms with Crippen molar-refractivity contribution in [1.82, 2.24) is 21.7 Å². The number of amides is 4. The maximum atomic E-state index is 12.1. The lowest BCUT2D eigenvalue weighted by Gasteiger charge is -2.10. The summed E-state index contributed by atoms with van der Waals surface area (Å²) in [6.45, 7) is 7.65. The van der Waals surface area contributed by atoms with Crippen LogP contribution in [-0.4, -0.2) is 23.6 Å². The summed E-state index contributed by atoms with van der Waals surface area (Å²) < 4.78 is 5.73. The normalized spacial score (nSPS) is 10.5. The van der Waals surface area contributed by atoms with E-state index in [2.05, 4.69) is 21.7 Å². The molecule has 33 heavy (non-hydrogen) atoms. The fourth-order valence-electron chi connectivity index (χ4n) is 2.73. The van der Waals surface area contributed by atoms with Crippen molar-refractivity contribution in [2.24, 2.45) is 11.8 Å². The summed E-state index contributed by atoms with van der Waals surface area (Å²) >= 11 is 0. The van der Waals surface area contributed by atoms with Crippen LogP contribution in [0, 0.1) is 11.8 Å². The molecule has 0 radical (unpaired) electrons. The highest BCUT2D eigenvalue weighted by molar-refractivity contribution is 5.96. The highest BCUT2D eigenvalue weighted by Gasteiger charge is 2.11. The van der Waals surface area contributed by atoms with E-state index in [9.17, 15) is 19.2 Å². The highest BCUT2D eigenvalue weighted by atomic mass is 16.5. The van der Waals surface area contributed by atoms with Gasteiger partial charge in [0.25, 0.3) is 11.8 Å². The van der Waals surface area contributed by atoms with Crippen LogP contribution in [0.3, 0.4) is 0 Å². The van der Waals surface area contributed by atoms with E-state index in [4.69, 9.17) is 4.74 Å². The molecule has 0 bridgehead atoms. The zero-order chi connectivity index (χ0) is 24.4. The third-order valence-corrected chi connectivity index (χ3v) is 4.29. The molecule has 2 aromatic carbocycles. The second-order valence-electron chi connectivity index (χ2n) is 8.35. The Hall–Kier alpha value is -3.88. The van der Waals surface area contributed by atoms with Gasteiger partial charge in [0, 0.05) is 24.0 Å². The Bertz CT molecular complexity index is 890. The van der Waals surface area contributed by atoms with Gasteiger partial charge in [-0.1, -0.05) is 27.7 Å². The van der Waals surface area contributed by atoms with Gasteiger partial charge in [-0.05, 0) is 60.4 Å². The Morgan fingerprint density at radius 3 is 1.24 bits per heavy atom. The molecule has 2 aromatic rings. The Morgan fingerprint density at radius 2 is 0.939 bits per heavy atom. The molecule has 0 saturated heterocycles. The van der Waals surface area contributed by atoms with Gasteiger partial charge in [0.15, 0.2) is 0 Å². The van der Waals surface area contributed by atoms with Gasteiger partial charge >= 0.3 is 0 Å². The third kappa shape index (κ3) is 9.02. The molecule has 0 aliphatic carbocycles. The first kappa shape index (κ1) is 25.4. The van der Waals surface area contributed by atoms with E-state index in [1.165, 1.54) is 0 Å². The molecule has 0 fully saturated rings. The molecule has 0 unspecified atom stereocenters. The molecule has 2 rings (SSSR count). The lowest BCUT2D eigenvalue weighted by Crippen LogP contribution is -2.42. The number of nitrogens with one attached hydrogen (secondary N) is 4. The van der Waals surface area contributed by atoms with Crippen LogP contribution in [0.2, 0.25) is 0 Å². The van der Waals surface area contributed by atoms with Gasteiger partial charge < -0.3 is 4.74 Å². The van der Waals surface area contributed by atoms with Crippen molar-refractivity contribution in [3.63, 3.8) is 0 Å². The first-order valence-electron chi connectivity index (χ1n) is 10.7. The van der Waals surface area contributed by atoms with Gasteiger partial charge in [-0.25, -0.2) is 0 Å². The van der Waals surface area contributed by atoms with Crippen LogP contribution in [0.1, 0.15) is 61.3 Å². The van der Waals surface area contributed by atoms with Crippen LogP contribution in [0.4, 0.5) is 0 Å². The van der Waals surface area contributed by atoms with E-state index in [-0.39, 0.29) is 23.7 Å². The monoisotopic (exact) mass is 454 g/mol. The smallest absolute Gasteiger partial charge is 0.269 e. The Kier molecular flexibility index (Phi) is 9.41. The maximum Gasteiger partial charge on any atom is 0.269 e. The fourth-order valence-corrected chi connectivity index (χ4v) is 2.73. The number of carbonyl (C=O) groups is 4. The number of hydrogen-bond acceptors (Lipinski definition) is 5. The summed E-state index contributed by atoms with van der Waals surface area (Å²) in [5.74, 6) is -0.0115. The average molecular weight is 455 g/mol. The average Bonchev–Trinajstić information content (AvgIpc) is 2.76. The largest absolute Gasteiger partial charge is 0.457 e. The number of benzene rings is 2. The molecule has 0 saturated carbocycles. The van der Waals surface area contributed by atoms with Crippen molar-refractivity contribution in [1.29, 1.82) is 0 Å². The zero-order valence-electron chi connectivity index (χ0n) is 19.2. The summed E-state index contributed by atoms with van der Waals surface area (Å²) in [5, 5.41) is 0. The Labute approximate surface area is 193 Å². The van der Waals surface area contributed by atoms with Crippen LogP contribution in [0.5, 0.6) is 11.5 Å². The molecule has 176 valence electrons. The van der Waals surface area contributed by atoms with Gasteiger partial charge in [0.2, 0.25) is 11.8 Å². The standard InChI is InChI=1S/C24H30N4O5/c1-15(2)13-21(29)25-27-23(31)17-5-9-19(10-6-17)33-20-11-7-18(8-12-20)24(32)28-26-22(30)14-16(3)4/h5-12,15-16H,13-14H2,1-4H3,(H,25,29)(H,26,30)(H,27,31)(H,28,32). The number of carbonyl (C=O) groups excluding carboxylic acids is 4. The Morgan fingerprint density at radius 1 is 0.606 bits per heavy atom. The highest BCUT2D eigenvalue weighted by Crippen LogP contribution is 2.22. The van der Waals surface area contributed by atoms with E-state index < -0.39 is 11.8 Å². The zero-order valence-corrected chi connectivity index (χ0v) is 19.2. The molecule has 0 aromatic heterocycles. The molecular formula is C24H30N4O5. The molecule has 0 aliphatic rings. The predicted octanol–water partition coefficient (Wildman–Crippen LogP) is 3.09. The fraction of sp³-hybridized carbons (Fsp3) is 0.333. The SMILES string of the molecule is CC(C)CC(=O)NNC(=O)c1ccc(Oc2ccc(C(=O)NNC(=O)CC(C)C)cc2)cc1. The van der Waals surface area contributed by atoms with Gasteiger partial charge in [0.05, 0.1) is 0 Å². The molecule has 0 aliphatic heterocycles. The minimum atomic E-state index is -0.436. The molecular weight excluding hydrogens is 424 g/mol. The van der Waals surface area contributed by atoms with Crippen molar-refractivity contribution >= 4 is 23.6 Å². The number of hydrazine groups is 2. The lowest BCUT2D eigenvalue weighted by molar-refractivity contribution is -0.123. The van der Waals surface area contributed by atoms with E-state index in [0.717, 1.165) is 0 Å². The minimum absolute atomic E-state index is 0.192. The summed E-state index contributed by atoms with van der Waals surface area (Å²) in [6.07, 6.45) is 0.639. The molecule has 4 amide bonds. The van der Waals surface area contributed by atoms with E-state index in [1.54, 1.807) is 48.5 Å². The van der Waals surface area contributed by atoms with Crippen molar-refractivity contribution in [3.05, 3.63) is 59.7 Å².